The molecule has 0 saturated heterocycles. The van der Waals surface area contributed by atoms with Crippen molar-refractivity contribution in [3.05, 3.63) is 11.1 Å². The number of nitrogens with one attached hydrogen (secondary N) is 1. The lowest BCUT2D eigenvalue weighted by Gasteiger charge is -2.10. The van der Waals surface area contributed by atoms with Crippen LogP contribution in [0.5, 0.6) is 0 Å². The third-order valence-electron chi connectivity index (χ3n) is 1.53. The minimum absolute atomic E-state index is 0.739. The van der Waals surface area contributed by atoms with E-state index in [1.807, 2.05) is 18.7 Å². The zero-order chi connectivity index (χ0) is 9.40. The molecule has 0 aliphatic heterocycles. The van der Waals surface area contributed by atoms with E-state index < -0.39 is 0 Å². The Kier molecular flexibility index (Phi) is 8.19. The van der Waals surface area contributed by atoms with E-state index in [1.165, 1.54) is 11.3 Å². The number of rotatable bonds is 6. The molecule has 1 N–H and O–H groups in total. The molecule has 0 aromatic rings. The summed E-state index contributed by atoms with van der Waals surface area (Å²) in [6.45, 7) is 6.26. The third kappa shape index (κ3) is 7.01. The first kappa shape index (κ1) is 12.3. The molecule has 0 aromatic heterocycles. The van der Waals surface area contributed by atoms with Gasteiger partial charge in [0, 0.05) is 12.1 Å². The lowest BCUT2D eigenvalue weighted by atomic mass is 10.2. The van der Waals surface area contributed by atoms with Crippen molar-refractivity contribution in [1.29, 1.82) is 0 Å². The van der Waals surface area contributed by atoms with Gasteiger partial charge in [-0.25, -0.2) is 0 Å². The van der Waals surface area contributed by atoms with Crippen molar-refractivity contribution in [3.63, 3.8) is 0 Å². The van der Waals surface area contributed by atoms with Crippen LogP contribution < -0.4 is 5.32 Å². The fraction of sp³-hybridized carbons (Fsp3) is 0.778. The quantitative estimate of drug-likeness (QED) is 0.719. The highest BCUT2D eigenvalue weighted by Crippen LogP contribution is 2.02. The van der Waals surface area contributed by atoms with E-state index in [9.17, 15) is 0 Å². The van der Waals surface area contributed by atoms with E-state index in [1.54, 1.807) is 5.54 Å². The Morgan fingerprint density at radius 3 is 2.83 bits per heavy atom. The van der Waals surface area contributed by atoms with Gasteiger partial charge in [0.15, 0.2) is 0 Å². The smallest absolute Gasteiger partial charge is 0.0173 e. The van der Waals surface area contributed by atoms with Crippen molar-refractivity contribution in [1.82, 2.24) is 5.32 Å². The Hall–Kier alpha value is 0.340. The third-order valence-corrected chi connectivity index (χ3v) is 2.81. The summed E-state index contributed by atoms with van der Waals surface area (Å²) < 4.78 is 0. The summed E-state index contributed by atoms with van der Waals surface area (Å²) in [6, 6.07) is 0. The molecular weight excluding hydrogens is 190 g/mol. The average Bonchev–Trinajstić information content (AvgIpc) is 2.04. The van der Waals surface area contributed by atoms with Gasteiger partial charge < -0.3 is 5.32 Å². The fourth-order valence-corrected chi connectivity index (χ4v) is 1.66. The van der Waals surface area contributed by atoms with E-state index in [4.69, 9.17) is 11.6 Å². The zero-order valence-electron chi connectivity index (χ0n) is 8.06. The molecule has 0 aliphatic carbocycles. The molecule has 0 saturated carbocycles. The number of hydrogen-bond acceptors (Lipinski definition) is 2. The van der Waals surface area contributed by atoms with Crippen LogP contribution in [0, 0.1) is 5.92 Å². The SMILES string of the molecule is CSCC(C)CNCC(C)=CCl. The van der Waals surface area contributed by atoms with Gasteiger partial charge in [0.2, 0.25) is 0 Å². The Balaban J connectivity index is 3.30. The molecule has 0 amide bonds. The summed E-state index contributed by atoms with van der Waals surface area (Å²) in [5, 5.41) is 3.35. The molecule has 0 aromatic carbocycles. The normalized spacial score (nSPS) is 14.8. The van der Waals surface area contributed by atoms with Crippen LogP contribution in [0.2, 0.25) is 0 Å². The van der Waals surface area contributed by atoms with Crippen LogP contribution in [0.3, 0.4) is 0 Å². The van der Waals surface area contributed by atoms with Crippen LogP contribution in [0.1, 0.15) is 13.8 Å². The standard InChI is InChI=1S/C9H18ClNS/c1-8(4-10)5-11-6-9(2)7-12-3/h4,9,11H,5-7H2,1-3H3. The molecule has 3 heteroatoms. The van der Waals surface area contributed by atoms with E-state index in [0.29, 0.717) is 0 Å². The zero-order valence-corrected chi connectivity index (χ0v) is 9.63. The van der Waals surface area contributed by atoms with Gasteiger partial charge in [-0.1, -0.05) is 18.5 Å². The summed E-state index contributed by atoms with van der Waals surface area (Å²) in [5.74, 6) is 1.96. The minimum Gasteiger partial charge on any atom is -0.313 e. The maximum atomic E-state index is 5.52. The first-order valence-electron chi connectivity index (χ1n) is 4.16. The molecule has 0 aliphatic rings. The Labute approximate surface area is 84.9 Å². The monoisotopic (exact) mass is 207 g/mol. The van der Waals surface area contributed by atoms with Crippen molar-refractivity contribution < 1.29 is 0 Å². The second-order valence-electron chi connectivity index (χ2n) is 3.15. The van der Waals surface area contributed by atoms with Crippen molar-refractivity contribution >= 4 is 23.4 Å². The highest BCUT2D eigenvalue weighted by Gasteiger charge is 1.99. The Morgan fingerprint density at radius 2 is 2.33 bits per heavy atom. The topological polar surface area (TPSA) is 12.0 Å². The van der Waals surface area contributed by atoms with Crippen molar-refractivity contribution in [2.24, 2.45) is 5.92 Å². The molecule has 12 heavy (non-hydrogen) atoms. The predicted molar refractivity (Wildman–Crippen MR) is 60.0 cm³/mol. The first-order chi connectivity index (χ1) is 5.70. The van der Waals surface area contributed by atoms with Gasteiger partial charge >= 0.3 is 0 Å². The number of thioether (sulfide) groups is 1. The summed E-state index contributed by atoms with van der Waals surface area (Å²) in [6.07, 6.45) is 2.14. The molecule has 0 bridgehead atoms. The molecule has 72 valence electrons. The summed E-state index contributed by atoms with van der Waals surface area (Å²) in [5.41, 5.74) is 2.82. The lowest BCUT2D eigenvalue weighted by molar-refractivity contribution is 0.579. The Bertz CT molecular complexity index is 136. The molecule has 1 atom stereocenters. The predicted octanol–water partition coefficient (Wildman–Crippen LogP) is 2.72. The second-order valence-corrected chi connectivity index (χ2v) is 4.28. The van der Waals surface area contributed by atoms with Crippen LogP contribution in [-0.2, 0) is 0 Å². The van der Waals surface area contributed by atoms with Gasteiger partial charge in [0.1, 0.15) is 0 Å². The lowest BCUT2D eigenvalue weighted by Crippen LogP contribution is -2.23. The Morgan fingerprint density at radius 1 is 1.67 bits per heavy atom. The van der Waals surface area contributed by atoms with Gasteiger partial charge in [-0.2, -0.15) is 11.8 Å². The van der Waals surface area contributed by atoms with Crippen molar-refractivity contribution in [2.75, 3.05) is 25.1 Å². The van der Waals surface area contributed by atoms with Gasteiger partial charge in [-0.15, -0.1) is 0 Å². The molecular formula is C9H18ClNS. The van der Waals surface area contributed by atoms with E-state index in [-0.39, 0.29) is 0 Å². The number of hydrogen-bond donors (Lipinski definition) is 1. The highest BCUT2D eigenvalue weighted by molar-refractivity contribution is 7.98. The van der Waals surface area contributed by atoms with Gasteiger partial charge in [0.25, 0.3) is 0 Å². The maximum Gasteiger partial charge on any atom is 0.0173 e. The molecule has 1 unspecified atom stereocenters. The van der Waals surface area contributed by atoms with Crippen molar-refractivity contribution in [3.8, 4) is 0 Å². The van der Waals surface area contributed by atoms with Gasteiger partial charge in [-0.3, -0.25) is 0 Å². The number of halogens is 1. The summed E-state index contributed by atoms with van der Waals surface area (Å²) in [7, 11) is 0. The molecule has 1 nitrogen and oxygen atoms in total. The molecule has 0 heterocycles. The first-order valence-corrected chi connectivity index (χ1v) is 5.99. The van der Waals surface area contributed by atoms with Gasteiger partial charge in [-0.05, 0) is 37.0 Å². The van der Waals surface area contributed by atoms with Crippen LogP contribution in [0.25, 0.3) is 0 Å². The molecule has 0 rings (SSSR count). The highest BCUT2D eigenvalue weighted by atomic mass is 35.5. The van der Waals surface area contributed by atoms with Crippen molar-refractivity contribution in [2.45, 2.75) is 13.8 Å². The maximum absolute atomic E-state index is 5.52. The van der Waals surface area contributed by atoms with E-state index in [0.717, 1.165) is 19.0 Å². The van der Waals surface area contributed by atoms with Gasteiger partial charge in [0.05, 0.1) is 0 Å². The minimum atomic E-state index is 0.739. The summed E-state index contributed by atoms with van der Waals surface area (Å²) in [4.78, 5) is 0. The second kappa shape index (κ2) is 7.96. The summed E-state index contributed by atoms with van der Waals surface area (Å²) >= 11 is 7.42. The molecule has 0 spiro atoms. The van der Waals surface area contributed by atoms with E-state index >= 15 is 0 Å². The van der Waals surface area contributed by atoms with Crippen LogP contribution in [-0.4, -0.2) is 25.1 Å². The fourth-order valence-electron chi connectivity index (χ4n) is 0.898. The van der Waals surface area contributed by atoms with E-state index in [2.05, 4.69) is 18.5 Å². The van der Waals surface area contributed by atoms with Crippen LogP contribution in [0.15, 0.2) is 11.1 Å². The average molecular weight is 208 g/mol. The molecule has 0 fully saturated rings. The largest absolute Gasteiger partial charge is 0.313 e. The van der Waals surface area contributed by atoms with Crippen LogP contribution in [0.4, 0.5) is 0 Å². The molecule has 0 radical (unpaired) electrons. The van der Waals surface area contributed by atoms with Crippen LogP contribution >= 0.6 is 23.4 Å².